The Kier molecular flexibility index (Phi) is 4.00. The van der Waals surface area contributed by atoms with Crippen LogP contribution in [0.1, 0.15) is 23.0 Å². The van der Waals surface area contributed by atoms with Crippen LogP contribution in [0.25, 0.3) is 0 Å². The standard InChI is InChI=1S/C17H15ClFN5/c18-14-7-5-12(6-8-14)16-17-20-21-22-24(17)10-9-23(16)11-13-3-1-2-4-15(13)19/h1-8,16H,9-11H2. The van der Waals surface area contributed by atoms with E-state index in [2.05, 4.69) is 20.4 Å². The van der Waals surface area contributed by atoms with Crippen LogP contribution in [0, 0.1) is 5.82 Å². The summed E-state index contributed by atoms with van der Waals surface area (Å²) in [4.78, 5) is 2.19. The van der Waals surface area contributed by atoms with Gasteiger partial charge in [-0.15, -0.1) is 5.10 Å². The van der Waals surface area contributed by atoms with Crippen LogP contribution in [0.5, 0.6) is 0 Å². The number of halogens is 2. The van der Waals surface area contributed by atoms with Crippen molar-refractivity contribution in [3.8, 4) is 0 Å². The first-order chi connectivity index (χ1) is 11.7. The summed E-state index contributed by atoms with van der Waals surface area (Å²) in [7, 11) is 0. The lowest BCUT2D eigenvalue weighted by Crippen LogP contribution is -2.39. The summed E-state index contributed by atoms with van der Waals surface area (Å²) >= 11 is 6.01. The van der Waals surface area contributed by atoms with Crippen molar-refractivity contribution in [1.82, 2.24) is 25.1 Å². The second kappa shape index (κ2) is 6.30. The molecule has 1 atom stereocenters. The first kappa shape index (κ1) is 15.2. The summed E-state index contributed by atoms with van der Waals surface area (Å²) in [5.74, 6) is 0.567. The van der Waals surface area contributed by atoms with Crippen molar-refractivity contribution in [3.63, 3.8) is 0 Å². The number of tetrazole rings is 1. The molecule has 1 aromatic heterocycles. The van der Waals surface area contributed by atoms with Crippen LogP contribution in [-0.2, 0) is 13.1 Å². The molecule has 24 heavy (non-hydrogen) atoms. The van der Waals surface area contributed by atoms with E-state index in [9.17, 15) is 4.39 Å². The molecule has 122 valence electrons. The molecule has 2 aromatic carbocycles. The highest BCUT2D eigenvalue weighted by atomic mass is 35.5. The molecule has 5 nitrogen and oxygen atoms in total. The fourth-order valence-electron chi connectivity index (χ4n) is 3.10. The third-order valence-electron chi connectivity index (χ3n) is 4.29. The van der Waals surface area contributed by atoms with Gasteiger partial charge in [0.2, 0.25) is 0 Å². The maximum atomic E-state index is 14.1. The van der Waals surface area contributed by atoms with E-state index in [1.807, 2.05) is 36.4 Å². The molecule has 0 saturated heterocycles. The van der Waals surface area contributed by atoms with Crippen LogP contribution in [0.4, 0.5) is 4.39 Å². The van der Waals surface area contributed by atoms with Gasteiger partial charge < -0.3 is 0 Å². The summed E-state index contributed by atoms with van der Waals surface area (Å²) in [6.45, 7) is 1.91. The molecule has 0 amide bonds. The van der Waals surface area contributed by atoms with Gasteiger partial charge in [-0.1, -0.05) is 41.9 Å². The topological polar surface area (TPSA) is 46.8 Å². The predicted molar refractivity (Wildman–Crippen MR) is 87.9 cm³/mol. The summed E-state index contributed by atoms with van der Waals surface area (Å²) < 4.78 is 15.9. The van der Waals surface area contributed by atoms with Gasteiger partial charge in [0.15, 0.2) is 5.82 Å². The molecule has 0 fully saturated rings. The Morgan fingerprint density at radius 3 is 2.67 bits per heavy atom. The lowest BCUT2D eigenvalue weighted by molar-refractivity contribution is 0.162. The van der Waals surface area contributed by atoms with Crippen LogP contribution in [-0.4, -0.2) is 31.7 Å². The number of aromatic nitrogens is 4. The average Bonchev–Trinajstić information content (AvgIpc) is 3.06. The van der Waals surface area contributed by atoms with Gasteiger partial charge in [-0.3, -0.25) is 4.90 Å². The van der Waals surface area contributed by atoms with Gasteiger partial charge in [0.25, 0.3) is 0 Å². The zero-order chi connectivity index (χ0) is 16.5. The molecule has 4 rings (SSSR count). The first-order valence-electron chi connectivity index (χ1n) is 7.71. The van der Waals surface area contributed by atoms with Crippen molar-refractivity contribution < 1.29 is 4.39 Å². The van der Waals surface area contributed by atoms with Crippen LogP contribution in [0.2, 0.25) is 5.02 Å². The Morgan fingerprint density at radius 1 is 1.08 bits per heavy atom. The summed E-state index contributed by atoms with van der Waals surface area (Å²) in [5, 5.41) is 12.7. The van der Waals surface area contributed by atoms with Crippen LogP contribution in [0.15, 0.2) is 48.5 Å². The van der Waals surface area contributed by atoms with E-state index in [1.165, 1.54) is 6.07 Å². The van der Waals surface area contributed by atoms with Gasteiger partial charge >= 0.3 is 0 Å². The second-order valence-corrected chi connectivity index (χ2v) is 6.21. The summed E-state index contributed by atoms with van der Waals surface area (Å²) in [6, 6.07) is 14.3. The number of hydrogen-bond donors (Lipinski definition) is 0. The van der Waals surface area contributed by atoms with E-state index in [0.29, 0.717) is 23.7 Å². The first-order valence-corrected chi connectivity index (χ1v) is 8.09. The maximum absolute atomic E-state index is 14.1. The minimum Gasteiger partial charge on any atom is -0.283 e. The Balaban J connectivity index is 1.72. The van der Waals surface area contributed by atoms with Gasteiger partial charge in [-0.2, -0.15) is 0 Å². The zero-order valence-corrected chi connectivity index (χ0v) is 13.6. The van der Waals surface area contributed by atoms with Gasteiger partial charge in [0.1, 0.15) is 5.82 Å². The second-order valence-electron chi connectivity index (χ2n) is 5.78. The van der Waals surface area contributed by atoms with Crippen molar-refractivity contribution in [2.24, 2.45) is 0 Å². The van der Waals surface area contributed by atoms with Crippen molar-refractivity contribution in [2.45, 2.75) is 19.1 Å². The van der Waals surface area contributed by atoms with Crippen molar-refractivity contribution >= 4 is 11.6 Å². The molecule has 0 spiro atoms. The zero-order valence-electron chi connectivity index (χ0n) is 12.8. The van der Waals surface area contributed by atoms with Crippen LogP contribution < -0.4 is 0 Å². The highest BCUT2D eigenvalue weighted by Crippen LogP contribution is 2.32. The third-order valence-corrected chi connectivity index (χ3v) is 4.54. The minimum atomic E-state index is -0.197. The molecule has 3 aromatic rings. The molecule has 0 aliphatic carbocycles. The number of benzene rings is 2. The van der Waals surface area contributed by atoms with E-state index < -0.39 is 0 Å². The van der Waals surface area contributed by atoms with Gasteiger partial charge in [-0.05, 0) is 34.2 Å². The normalized spacial score (nSPS) is 17.7. The quantitative estimate of drug-likeness (QED) is 0.733. The largest absolute Gasteiger partial charge is 0.283 e. The fraction of sp³-hybridized carbons (Fsp3) is 0.235. The molecule has 2 heterocycles. The molecule has 1 aliphatic rings. The van der Waals surface area contributed by atoms with Crippen LogP contribution in [0.3, 0.4) is 0 Å². The van der Waals surface area contributed by atoms with Crippen LogP contribution >= 0.6 is 11.6 Å². The van der Waals surface area contributed by atoms with Crippen molar-refractivity contribution in [1.29, 1.82) is 0 Å². The Bertz CT molecular complexity index is 848. The van der Waals surface area contributed by atoms with E-state index in [1.54, 1.807) is 10.7 Å². The van der Waals surface area contributed by atoms with Gasteiger partial charge in [-0.25, -0.2) is 9.07 Å². The number of hydrogen-bond acceptors (Lipinski definition) is 4. The van der Waals surface area contributed by atoms with Gasteiger partial charge in [0, 0.05) is 23.7 Å². The highest BCUT2D eigenvalue weighted by Gasteiger charge is 2.32. The van der Waals surface area contributed by atoms with E-state index in [4.69, 9.17) is 11.6 Å². The molecule has 1 aliphatic heterocycles. The molecule has 7 heteroatoms. The van der Waals surface area contributed by atoms with E-state index >= 15 is 0 Å². The Hall–Kier alpha value is -2.31. The molecule has 0 bridgehead atoms. The summed E-state index contributed by atoms with van der Waals surface area (Å²) in [6.07, 6.45) is 0. The number of fused-ring (bicyclic) bond motifs is 1. The molecular weight excluding hydrogens is 329 g/mol. The predicted octanol–water partition coefficient (Wildman–Crippen LogP) is 3.07. The fourth-order valence-corrected chi connectivity index (χ4v) is 3.23. The van der Waals surface area contributed by atoms with Crippen molar-refractivity contribution in [3.05, 3.63) is 76.3 Å². The Morgan fingerprint density at radius 2 is 1.88 bits per heavy atom. The molecule has 0 radical (unpaired) electrons. The smallest absolute Gasteiger partial charge is 0.173 e. The maximum Gasteiger partial charge on any atom is 0.173 e. The highest BCUT2D eigenvalue weighted by molar-refractivity contribution is 6.30. The van der Waals surface area contributed by atoms with Crippen molar-refractivity contribution in [2.75, 3.05) is 6.54 Å². The summed E-state index contributed by atoms with van der Waals surface area (Å²) in [5.41, 5.74) is 1.70. The average molecular weight is 344 g/mol. The van der Waals surface area contributed by atoms with E-state index in [0.717, 1.165) is 17.9 Å². The monoisotopic (exact) mass is 343 g/mol. The van der Waals surface area contributed by atoms with E-state index in [-0.39, 0.29) is 11.9 Å². The molecule has 0 saturated carbocycles. The molecular formula is C17H15ClFN5. The number of nitrogens with zero attached hydrogens (tertiary/aromatic N) is 5. The molecule has 1 unspecified atom stereocenters. The van der Waals surface area contributed by atoms with Gasteiger partial charge in [0.05, 0.1) is 12.6 Å². The minimum absolute atomic E-state index is 0.134. The molecule has 0 N–H and O–H groups in total. The lowest BCUT2D eigenvalue weighted by atomic mass is 10.0. The third kappa shape index (κ3) is 2.79. The Labute approximate surface area is 143 Å². The lowest BCUT2D eigenvalue weighted by Gasteiger charge is -2.35. The number of rotatable bonds is 3. The SMILES string of the molecule is Fc1ccccc1CN1CCn2nnnc2C1c1ccc(Cl)cc1.